The molecule has 1 saturated carbocycles. The van der Waals surface area contributed by atoms with E-state index in [1.807, 2.05) is 18.2 Å². The number of anilines is 1. The Hall–Kier alpha value is -1.09. The molecule has 3 N–H and O–H groups in total. The lowest BCUT2D eigenvalue weighted by Gasteiger charge is -2.33. The van der Waals surface area contributed by atoms with Crippen LogP contribution in [0.3, 0.4) is 0 Å². The van der Waals surface area contributed by atoms with Crippen molar-refractivity contribution in [2.24, 2.45) is 17.6 Å². The molecule has 2 rings (SSSR count). The van der Waals surface area contributed by atoms with E-state index in [2.05, 4.69) is 25.2 Å². The molecule has 0 aliphatic heterocycles. The molecule has 0 spiro atoms. The fraction of sp³-hybridized carbons (Fsp3) is 0.533. The van der Waals surface area contributed by atoms with Crippen molar-refractivity contribution in [3.8, 4) is 0 Å². The van der Waals surface area contributed by atoms with Gasteiger partial charge in [0, 0.05) is 17.3 Å². The monoisotopic (exact) mass is 262 g/mol. The Labute approximate surface area is 115 Å². The van der Waals surface area contributed by atoms with Crippen molar-refractivity contribution in [2.45, 2.75) is 39.2 Å². The first kappa shape index (κ1) is 13.3. The van der Waals surface area contributed by atoms with Crippen molar-refractivity contribution in [1.29, 1.82) is 0 Å². The highest BCUT2D eigenvalue weighted by atomic mass is 32.1. The van der Waals surface area contributed by atoms with E-state index in [0.29, 0.717) is 11.0 Å². The first-order valence-corrected chi connectivity index (χ1v) is 7.14. The van der Waals surface area contributed by atoms with Gasteiger partial charge in [-0.05, 0) is 43.2 Å². The third-order valence-corrected chi connectivity index (χ3v) is 4.37. The summed E-state index contributed by atoms with van der Waals surface area (Å²) in [6.45, 7) is 4.70. The van der Waals surface area contributed by atoms with Gasteiger partial charge in [0.2, 0.25) is 0 Å². The number of thiocarbonyl (C=S) groups is 1. The number of para-hydroxylation sites is 1. The Morgan fingerprint density at radius 1 is 1.22 bits per heavy atom. The summed E-state index contributed by atoms with van der Waals surface area (Å²) in [5.74, 6) is 1.63. The Balaban J connectivity index is 2.08. The number of benzene rings is 1. The highest BCUT2D eigenvalue weighted by molar-refractivity contribution is 7.80. The summed E-state index contributed by atoms with van der Waals surface area (Å²) in [5, 5.41) is 3.61. The zero-order valence-electron chi connectivity index (χ0n) is 11.1. The fourth-order valence-corrected chi connectivity index (χ4v) is 2.90. The van der Waals surface area contributed by atoms with Gasteiger partial charge in [0.05, 0.1) is 0 Å². The van der Waals surface area contributed by atoms with Gasteiger partial charge in [0.25, 0.3) is 0 Å². The van der Waals surface area contributed by atoms with Crippen LogP contribution in [-0.4, -0.2) is 11.0 Å². The number of nitrogens with one attached hydrogen (secondary N) is 1. The van der Waals surface area contributed by atoms with Gasteiger partial charge in [0.15, 0.2) is 0 Å². The number of nitrogens with two attached hydrogens (primary N) is 1. The molecule has 3 unspecified atom stereocenters. The molecule has 98 valence electrons. The molecule has 0 aromatic heterocycles. The highest BCUT2D eigenvalue weighted by Gasteiger charge is 2.24. The summed E-state index contributed by atoms with van der Waals surface area (Å²) in [5.41, 5.74) is 7.80. The predicted molar refractivity (Wildman–Crippen MR) is 81.9 cm³/mol. The molecule has 0 saturated heterocycles. The molecule has 1 aromatic rings. The molecule has 0 radical (unpaired) electrons. The number of hydrogen-bond donors (Lipinski definition) is 2. The summed E-state index contributed by atoms with van der Waals surface area (Å²) in [6.07, 6.45) is 3.76. The van der Waals surface area contributed by atoms with Gasteiger partial charge >= 0.3 is 0 Å². The minimum absolute atomic E-state index is 0.468. The van der Waals surface area contributed by atoms with Crippen LogP contribution in [-0.2, 0) is 0 Å². The average Bonchev–Trinajstić information content (AvgIpc) is 2.34. The average molecular weight is 262 g/mol. The SMILES string of the molecule is CC1CCC(Nc2ccccc2C(N)=S)CC1C. The Kier molecular flexibility index (Phi) is 4.23. The molecule has 3 atom stereocenters. The van der Waals surface area contributed by atoms with Crippen LogP contribution in [0, 0.1) is 11.8 Å². The van der Waals surface area contributed by atoms with Gasteiger partial charge in [-0.2, -0.15) is 0 Å². The van der Waals surface area contributed by atoms with Crippen LogP contribution in [0.5, 0.6) is 0 Å². The minimum atomic E-state index is 0.468. The van der Waals surface area contributed by atoms with Gasteiger partial charge in [-0.3, -0.25) is 0 Å². The van der Waals surface area contributed by atoms with E-state index in [9.17, 15) is 0 Å². The van der Waals surface area contributed by atoms with Crippen molar-refractivity contribution in [3.05, 3.63) is 29.8 Å². The summed E-state index contributed by atoms with van der Waals surface area (Å²) in [6, 6.07) is 8.60. The van der Waals surface area contributed by atoms with Crippen LogP contribution >= 0.6 is 12.2 Å². The lowest BCUT2D eigenvalue weighted by Crippen LogP contribution is -2.31. The normalized spacial score (nSPS) is 27.8. The van der Waals surface area contributed by atoms with Crippen LogP contribution in [0.15, 0.2) is 24.3 Å². The van der Waals surface area contributed by atoms with Crippen molar-refractivity contribution in [2.75, 3.05) is 5.32 Å². The zero-order chi connectivity index (χ0) is 13.1. The van der Waals surface area contributed by atoms with Gasteiger partial charge in [0.1, 0.15) is 4.99 Å². The molecular formula is C15H22N2S. The highest BCUT2D eigenvalue weighted by Crippen LogP contribution is 2.31. The zero-order valence-corrected chi connectivity index (χ0v) is 12.0. The van der Waals surface area contributed by atoms with E-state index in [-0.39, 0.29) is 0 Å². The second-order valence-corrected chi connectivity index (χ2v) is 5.96. The fourth-order valence-electron chi connectivity index (χ4n) is 2.72. The van der Waals surface area contributed by atoms with Crippen LogP contribution < -0.4 is 11.1 Å². The molecule has 1 aliphatic carbocycles. The second-order valence-electron chi connectivity index (χ2n) is 5.52. The Bertz CT molecular complexity index is 430. The van der Waals surface area contributed by atoms with Crippen LogP contribution in [0.2, 0.25) is 0 Å². The largest absolute Gasteiger partial charge is 0.389 e. The van der Waals surface area contributed by atoms with Crippen LogP contribution in [0.25, 0.3) is 0 Å². The molecule has 0 bridgehead atoms. The maximum Gasteiger partial charge on any atom is 0.106 e. The number of rotatable bonds is 3. The first-order chi connectivity index (χ1) is 8.58. The van der Waals surface area contributed by atoms with E-state index in [0.717, 1.165) is 23.1 Å². The van der Waals surface area contributed by atoms with Crippen molar-refractivity contribution in [1.82, 2.24) is 0 Å². The van der Waals surface area contributed by atoms with Gasteiger partial charge < -0.3 is 11.1 Å². The quantitative estimate of drug-likeness (QED) is 0.818. The minimum Gasteiger partial charge on any atom is -0.389 e. The van der Waals surface area contributed by atoms with Crippen LogP contribution in [0.1, 0.15) is 38.7 Å². The molecule has 1 fully saturated rings. The second kappa shape index (κ2) is 5.70. The smallest absolute Gasteiger partial charge is 0.106 e. The summed E-state index contributed by atoms with van der Waals surface area (Å²) in [4.78, 5) is 0.468. The van der Waals surface area contributed by atoms with Gasteiger partial charge in [-0.25, -0.2) is 0 Å². The number of hydrogen-bond acceptors (Lipinski definition) is 2. The molecular weight excluding hydrogens is 240 g/mol. The van der Waals surface area contributed by atoms with Gasteiger partial charge in [-0.15, -0.1) is 0 Å². The lowest BCUT2D eigenvalue weighted by atomic mass is 9.79. The molecule has 0 amide bonds. The molecule has 1 aliphatic rings. The summed E-state index contributed by atoms with van der Waals surface area (Å²) < 4.78 is 0. The lowest BCUT2D eigenvalue weighted by molar-refractivity contribution is 0.261. The molecule has 3 heteroatoms. The Morgan fingerprint density at radius 3 is 2.61 bits per heavy atom. The van der Waals surface area contributed by atoms with Crippen LogP contribution in [0.4, 0.5) is 5.69 Å². The third kappa shape index (κ3) is 3.02. The maximum absolute atomic E-state index is 5.76. The summed E-state index contributed by atoms with van der Waals surface area (Å²) in [7, 11) is 0. The predicted octanol–water partition coefficient (Wildman–Crippen LogP) is 3.56. The molecule has 18 heavy (non-hydrogen) atoms. The third-order valence-electron chi connectivity index (χ3n) is 4.15. The standard InChI is InChI=1S/C15H22N2S/c1-10-7-8-12(9-11(10)2)17-14-6-4-3-5-13(14)15(16)18/h3-6,10-12,17H,7-9H2,1-2H3,(H2,16,18). The van der Waals surface area contributed by atoms with Crippen molar-refractivity contribution in [3.63, 3.8) is 0 Å². The maximum atomic E-state index is 5.76. The van der Waals surface area contributed by atoms with E-state index < -0.39 is 0 Å². The molecule has 0 heterocycles. The van der Waals surface area contributed by atoms with E-state index in [4.69, 9.17) is 18.0 Å². The van der Waals surface area contributed by atoms with Crippen molar-refractivity contribution < 1.29 is 0 Å². The first-order valence-electron chi connectivity index (χ1n) is 6.73. The molecule has 2 nitrogen and oxygen atoms in total. The Morgan fingerprint density at radius 2 is 1.94 bits per heavy atom. The van der Waals surface area contributed by atoms with E-state index >= 15 is 0 Å². The van der Waals surface area contributed by atoms with E-state index in [1.165, 1.54) is 19.3 Å². The van der Waals surface area contributed by atoms with Crippen molar-refractivity contribution >= 4 is 22.9 Å². The molecule has 1 aromatic carbocycles. The topological polar surface area (TPSA) is 38.0 Å². The summed E-state index contributed by atoms with van der Waals surface area (Å²) >= 11 is 5.10. The van der Waals surface area contributed by atoms with Gasteiger partial charge in [-0.1, -0.05) is 38.2 Å². The van der Waals surface area contributed by atoms with E-state index in [1.54, 1.807) is 0 Å².